The number of anilines is 1. The molecule has 0 saturated heterocycles. The maximum Gasteiger partial charge on any atom is 0.416 e. The van der Waals surface area contributed by atoms with E-state index in [1.165, 1.54) is 12.1 Å². The third-order valence-corrected chi connectivity index (χ3v) is 4.38. The summed E-state index contributed by atoms with van der Waals surface area (Å²) in [6.45, 7) is 2.57. The monoisotopic (exact) mass is 368 g/mol. The number of hydrazone groups is 1. The van der Waals surface area contributed by atoms with Gasteiger partial charge in [0.2, 0.25) is 0 Å². The molecule has 1 aliphatic heterocycles. The lowest BCUT2D eigenvalue weighted by Crippen LogP contribution is -2.17. The fraction of sp³-hybridized carbons (Fsp3) is 0.278. The summed E-state index contributed by atoms with van der Waals surface area (Å²) in [5.41, 5.74) is 1.51. The summed E-state index contributed by atoms with van der Waals surface area (Å²) in [5.74, 6) is 0.624. The zero-order chi connectivity index (χ0) is 18.2. The fourth-order valence-corrected chi connectivity index (χ4v) is 3.09. The highest BCUT2D eigenvalue weighted by molar-refractivity contribution is 6.32. The van der Waals surface area contributed by atoms with E-state index in [-0.39, 0.29) is 5.92 Å². The Bertz CT molecular complexity index is 803. The van der Waals surface area contributed by atoms with Gasteiger partial charge in [-0.25, -0.2) is 0 Å². The molecule has 3 rings (SSSR count). The second-order valence-electron chi connectivity index (χ2n) is 5.83. The van der Waals surface area contributed by atoms with E-state index in [4.69, 9.17) is 16.3 Å². The van der Waals surface area contributed by atoms with Crippen LogP contribution in [0.15, 0.2) is 47.6 Å². The van der Waals surface area contributed by atoms with Crippen LogP contribution in [0, 0.1) is 5.92 Å². The van der Waals surface area contributed by atoms with Crippen molar-refractivity contribution >= 4 is 23.0 Å². The zero-order valence-electron chi connectivity index (χ0n) is 13.6. The van der Waals surface area contributed by atoms with Crippen LogP contribution in [-0.2, 0) is 6.18 Å². The summed E-state index contributed by atoms with van der Waals surface area (Å²) in [5, 5.41) is 6.76. The number of alkyl halides is 3. The van der Waals surface area contributed by atoms with Gasteiger partial charge < -0.3 is 4.74 Å². The van der Waals surface area contributed by atoms with Gasteiger partial charge in [0, 0.05) is 18.0 Å². The lowest BCUT2D eigenvalue weighted by Gasteiger charge is -2.15. The van der Waals surface area contributed by atoms with Crippen LogP contribution in [0.3, 0.4) is 0 Å². The Kier molecular flexibility index (Phi) is 4.64. The Labute approximate surface area is 148 Å². The van der Waals surface area contributed by atoms with Gasteiger partial charge in [0.25, 0.3) is 0 Å². The SMILES string of the molecule is COc1c(Cl)cccc1C1=NN(c2ccc(C(F)(F)F)cc2)CC1C. The Morgan fingerprint density at radius 2 is 1.84 bits per heavy atom. The normalized spacial score (nSPS) is 17.6. The number of nitrogens with zero attached hydrogens (tertiary/aromatic N) is 2. The van der Waals surface area contributed by atoms with Gasteiger partial charge in [0.05, 0.1) is 29.1 Å². The summed E-state index contributed by atoms with van der Waals surface area (Å²) in [6, 6.07) is 10.4. The average molecular weight is 369 g/mol. The molecule has 132 valence electrons. The molecule has 1 aliphatic rings. The molecule has 0 bridgehead atoms. The summed E-state index contributed by atoms with van der Waals surface area (Å²) in [7, 11) is 1.54. The molecule has 0 radical (unpaired) electrons. The predicted octanol–water partition coefficient (Wildman–Crippen LogP) is 5.23. The molecule has 1 heterocycles. The van der Waals surface area contributed by atoms with Gasteiger partial charge in [0.1, 0.15) is 5.75 Å². The standard InChI is InChI=1S/C18H16ClF3N2O/c1-11-10-24(13-8-6-12(7-9-13)18(20,21)22)23-16(11)14-4-3-5-15(19)17(14)25-2/h3-9,11H,10H2,1-2H3. The molecule has 3 nitrogen and oxygen atoms in total. The molecule has 7 heteroatoms. The molecule has 0 amide bonds. The lowest BCUT2D eigenvalue weighted by atomic mass is 9.98. The number of rotatable bonds is 3. The molecule has 0 spiro atoms. The van der Waals surface area contributed by atoms with Crippen LogP contribution in [0.1, 0.15) is 18.1 Å². The first-order valence-corrected chi connectivity index (χ1v) is 8.05. The van der Waals surface area contributed by atoms with Crippen molar-refractivity contribution in [3.63, 3.8) is 0 Å². The van der Waals surface area contributed by atoms with E-state index in [1.807, 2.05) is 19.1 Å². The van der Waals surface area contributed by atoms with E-state index in [1.54, 1.807) is 18.2 Å². The number of ether oxygens (including phenoxy) is 1. The Hall–Kier alpha value is -2.21. The van der Waals surface area contributed by atoms with Crippen LogP contribution in [0.5, 0.6) is 5.75 Å². The van der Waals surface area contributed by atoms with Crippen LogP contribution in [0.25, 0.3) is 0 Å². The van der Waals surface area contributed by atoms with E-state index >= 15 is 0 Å². The molecule has 2 aromatic carbocycles. The number of methoxy groups -OCH3 is 1. The van der Waals surface area contributed by atoms with Crippen molar-refractivity contribution in [3.05, 3.63) is 58.6 Å². The molecule has 0 aromatic heterocycles. The van der Waals surface area contributed by atoms with Crippen molar-refractivity contribution in [1.29, 1.82) is 0 Å². The van der Waals surface area contributed by atoms with Crippen molar-refractivity contribution in [1.82, 2.24) is 0 Å². The van der Waals surface area contributed by atoms with Crippen molar-refractivity contribution in [2.24, 2.45) is 11.0 Å². The largest absolute Gasteiger partial charge is 0.494 e. The van der Waals surface area contributed by atoms with Crippen molar-refractivity contribution in [2.45, 2.75) is 13.1 Å². The molecule has 2 aromatic rings. The summed E-state index contributed by atoms with van der Waals surface area (Å²) >= 11 is 6.17. The van der Waals surface area contributed by atoms with Crippen LogP contribution >= 0.6 is 11.6 Å². The number of para-hydroxylation sites is 1. The number of benzene rings is 2. The van der Waals surface area contributed by atoms with Gasteiger partial charge in [-0.2, -0.15) is 18.3 Å². The van der Waals surface area contributed by atoms with E-state index in [9.17, 15) is 13.2 Å². The Balaban J connectivity index is 1.93. The van der Waals surface area contributed by atoms with Crippen molar-refractivity contribution in [2.75, 3.05) is 18.7 Å². The van der Waals surface area contributed by atoms with Gasteiger partial charge in [-0.15, -0.1) is 0 Å². The first-order chi connectivity index (χ1) is 11.8. The van der Waals surface area contributed by atoms with E-state index in [0.29, 0.717) is 23.0 Å². The van der Waals surface area contributed by atoms with Gasteiger partial charge in [-0.05, 0) is 36.4 Å². The lowest BCUT2D eigenvalue weighted by molar-refractivity contribution is -0.137. The number of halogens is 4. The van der Waals surface area contributed by atoms with Crippen molar-refractivity contribution < 1.29 is 17.9 Å². The quantitative estimate of drug-likeness (QED) is 0.741. The summed E-state index contributed by atoms with van der Waals surface area (Å²) < 4.78 is 43.5. The first kappa shape index (κ1) is 17.6. The third kappa shape index (κ3) is 3.44. The first-order valence-electron chi connectivity index (χ1n) is 7.67. The van der Waals surface area contributed by atoms with Gasteiger partial charge in [-0.1, -0.05) is 24.6 Å². The minimum absolute atomic E-state index is 0.0784. The number of hydrogen-bond acceptors (Lipinski definition) is 3. The van der Waals surface area contributed by atoms with E-state index in [2.05, 4.69) is 5.10 Å². The highest BCUT2D eigenvalue weighted by Gasteiger charge is 2.31. The summed E-state index contributed by atoms with van der Waals surface area (Å²) in [6.07, 6.45) is -4.35. The Morgan fingerprint density at radius 1 is 1.16 bits per heavy atom. The number of hydrogen-bond donors (Lipinski definition) is 0. The van der Waals surface area contributed by atoms with Gasteiger partial charge in [-0.3, -0.25) is 5.01 Å². The molecular formula is C18H16ClF3N2O. The fourth-order valence-electron chi connectivity index (χ4n) is 2.84. The maximum absolute atomic E-state index is 12.7. The van der Waals surface area contributed by atoms with Crippen LogP contribution in [0.4, 0.5) is 18.9 Å². The molecule has 1 atom stereocenters. The van der Waals surface area contributed by atoms with Crippen molar-refractivity contribution in [3.8, 4) is 5.75 Å². The van der Waals surface area contributed by atoms with Gasteiger partial charge >= 0.3 is 6.18 Å². The molecule has 0 aliphatic carbocycles. The highest BCUT2D eigenvalue weighted by Crippen LogP contribution is 2.35. The van der Waals surface area contributed by atoms with Crippen LogP contribution in [-0.4, -0.2) is 19.4 Å². The van der Waals surface area contributed by atoms with E-state index in [0.717, 1.165) is 23.4 Å². The second-order valence-corrected chi connectivity index (χ2v) is 6.24. The van der Waals surface area contributed by atoms with E-state index < -0.39 is 11.7 Å². The highest BCUT2D eigenvalue weighted by atomic mass is 35.5. The molecule has 0 fully saturated rings. The van der Waals surface area contributed by atoms with Crippen LogP contribution < -0.4 is 9.75 Å². The molecule has 0 N–H and O–H groups in total. The minimum Gasteiger partial charge on any atom is -0.494 e. The van der Waals surface area contributed by atoms with Crippen LogP contribution in [0.2, 0.25) is 5.02 Å². The second kappa shape index (κ2) is 6.59. The predicted molar refractivity (Wildman–Crippen MR) is 92.5 cm³/mol. The molecular weight excluding hydrogens is 353 g/mol. The maximum atomic E-state index is 12.7. The summed E-state index contributed by atoms with van der Waals surface area (Å²) in [4.78, 5) is 0. The molecule has 0 saturated carbocycles. The topological polar surface area (TPSA) is 24.8 Å². The smallest absolute Gasteiger partial charge is 0.416 e. The average Bonchev–Trinajstić information content (AvgIpc) is 2.95. The minimum atomic E-state index is -4.35. The Morgan fingerprint density at radius 3 is 2.44 bits per heavy atom. The zero-order valence-corrected chi connectivity index (χ0v) is 14.4. The third-order valence-electron chi connectivity index (χ3n) is 4.08. The molecule has 25 heavy (non-hydrogen) atoms. The molecule has 1 unspecified atom stereocenters. The van der Waals surface area contributed by atoms with Gasteiger partial charge in [0.15, 0.2) is 0 Å².